The van der Waals surface area contributed by atoms with Crippen LogP contribution in [0.2, 0.25) is 0 Å². The van der Waals surface area contributed by atoms with Gasteiger partial charge in [-0.25, -0.2) is 14.8 Å². The van der Waals surface area contributed by atoms with Crippen molar-refractivity contribution in [2.45, 2.75) is 0 Å². The summed E-state index contributed by atoms with van der Waals surface area (Å²) in [5.41, 5.74) is 1.67. The highest BCUT2D eigenvalue weighted by Crippen LogP contribution is 2.27. The molecule has 3 aromatic heterocycles. The van der Waals surface area contributed by atoms with Crippen molar-refractivity contribution >= 4 is 32.8 Å². The van der Waals surface area contributed by atoms with Gasteiger partial charge in [-0.2, -0.15) is 0 Å². The van der Waals surface area contributed by atoms with Crippen molar-refractivity contribution < 1.29 is 13.9 Å². The maximum atomic E-state index is 12.8. The van der Waals surface area contributed by atoms with Crippen LogP contribution in [0.4, 0.5) is 0 Å². The largest absolute Gasteiger partial charge is 0.463 e. The summed E-state index contributed by atoms with van der Waals surface area (Å²) in [7, 11) is 0. The average Bonchev–Trinajstić information content (AvgIpc) is 3.17. The van der Waals surface area contributed by atoms with E-state index in [1.165, 1.54) is 0 Å². The zero-order valence-corrected chi connectivity index (χ0v) is 14.4. The second kappa shape index (κ2) is 6.49. The van der Waals surface area contributed by atoms with Crippen LogP contribution in [-0.4, -0.2) is 15.9 Å². The summed E-state index contributed by atoms with van der Waals surface area (Å²) in [6.07, 6.45) is 3.18. The normalized spacial score (nSPS) is 10.8. The minimum absolute atomic E-state index is 0.355. The molecule has 4 rings (SSSR count). The van der Waals surface area contributed by atoms with Gasteiger partial charge in [0.05, 0.1) is 17.3 Å². The molecule has 0 saturated heterocycles. The van der Waals surface area contributed by atoms with Crippen molar-refractivity contribution in [3.8, 4) is 17.2 Å². The summed E-state index contributed by atoms with van der Waals surface area (Å²) in [5, 5.41) is 0.711. The first-order valence-electron chi connectivity index (χ1n) is 7.49. The number of esters is 1. The van der Waals surface area contributed by atoms with Gasteiger partial charge < -0.3 is 9.15 Å². The molecule has 0 radical (unpaired) electrons. The lowest BCUT2D eigenvalue weighted by molar-refractivity contribution is 0.0735. The number of carbonyl (C=O) groups excluding carboxylic acids is 1. The van der Waals surface area contributed by atoms with E-state index in [4.69, 9.17) is 9.15 Å². The van der Waals surface area contributed by atoms with Gasteiger partial charge in [-0.05, 0) is 52.3 Å². The zero-order chi connectivity index (χ0) is 17.2. The summed E-state index contributed by atoms with van der Waals surface area (Å²) in [6.45, 7) is 0. The van der Waals surface area contributed by atoms with Crippen LogP contribution in [0.15, 0.2) is 76.1 Å². The fourth-order valence-corrected chi connectivity index (χ4v) is 2.83. The van der Waals surface area contributed by atoms with Crippen LogP contribution in [-0.2, 0) is 0 Å². The van der Waals surface area contributed by atoms with E-state index in [9.17, 15) is 4.79 Å². The Morgan fingerprint density at radius 2 is 1.96 bits per heavy atom. The number of hydrogen-bond acceptors (Lipinski definition) is 5. The molecule has 0 atom stereocenters. The zero-order valence-electron chi connectivity index (χ0n) is 12.8. The Morgan fingerprint density at radius 3 is 2.76 bits per heavy atom. The Balaban J connectivity index is 1.82. The SMILES string of the molecule is O=C(Oc1cccnc1Br)c1cc(-c2ccco2)nc2ccccc12. The predicted octanol–water partition coefficient (Wildman–Crippen LogP) is 4.87. The number of para-hydroxylation sites is 1. The standard InChI is InChI=1S/C19H11BrN2O3/c20-18-17(7-3-9-21-18)25-19(23)13-11-15(16-8-4-10-24-16)22-14-6-2-1-5-12(13)14/h1-11H. The van der Waals surface area contributed by atoms with Crippen molar-refractivity contribution in [1.29, 1.82) is 0 Å². The summed E-state index contributed by atoms with van der Waals surface area (Å²) in [6, 6.07) is 16.0. The van der Waals surface area contributed by atoms with Gasteiger partial charge in [0.2, 0.25) is 0 Å². The highest BCUT2D eigenvalue weighted by Gasteiger charge is 2.18. The number of halogens is 1. The second-order valence-corrected chi connectivity index (χ2v) is 5.98. The van der Waals surface area contributed by atoms with Crippen molar-refractivity contribution in [1.82, 2.24) is 9.97 Å². The maximum Gasteiger partial charge on any atom is 0.344 e. The first kappa shape index (κ1) is 15.5. The van der Waals surface area contributed by atoms with Gasteiger partial charge in [0.25, 0.3) is 0 Å². The van der Waals surface area contributed by atoms with E-state index in [2.05, 4.69) is 25.9 Å². The van der Waals surface area contributed by atoms with Crippen LogP contribution in [0.1, 0.15) is 10.4 Å². The van der Waals surface area contributed by atoms with Gasteiger partial charge in [-0.1, -0.05) is 18.2 Å². The molecule has 0 saturated carbocycles. The molecular formula is C19H11BrN2O3. The molecule has 4 aromatic rings. The minimum atomic E-state index is -0.486. The van der Waals surface area contributed by atoms with Gasteiger partial charge in [0.1, 0.15) is 10.3 Å². The first-order valence-corrected chi connectivity index (χ1v) is 8.28. The summed E-state index contributed by atoms with van der Waals surface area (Å²) >= 11 is 3.28. The van der Waals surface area contributed by atoms with E-state index >= 15 is 0 Å². The quantitative estimate of drug-likeness (QED) is 0.366. The number of nitrogens with zero attached hydrogens (tertiary/aromatic N) is 2. The number of aromatic nitrogens is 2. The molecule has 0 bridgehead atoms. The fraction of sp³-hybridized carbons (Fsp3) is 0. The smallest absolute Gasteiger partial charge is 0.344 e. The van der Waals surface area contributed by atoms with Gasteiger partial charge in [0.15, 0.2) is 11.5 Å². The topological polar surface area (TPSA) is 65.2 Å². The van der Waals surface area contributed by atoms with Crippen LogP contribution in [0.3, 0.4) is 0 Å². The third-order valence-corrected chi connectivity index (χ3v) is 4.23. The summed E-state index contributed by atoms with van der Waals surface area (Å²) in [5.74, 6) is 0.454. The first-order chi connectivity index (χ1) is 12.2. The van der Waals surface area contributed by atoms with Crippen LogP contribution in [0, 0.1) is 0 Å². The number of carbonyl (C=O) groups is 1. The minimum Gasteiger partial charge on any atom is -0.463 e. The summed E-state index contributed by atoms with van der Waals surface area (Å²) in [4.78, 5) is 21.4. The number of furan rings is 1. The number of hydrogen-bond donors (Lipinski definition) is 0. The molecule has 0 spiro atoms. The molecule has 0 amide bonds. The van der Waals surface area contributed by atoms with Crippen molar-refractivity contribution in [3.63, 3.8) is 0 Å². The van der Waals surface area contributed by atoms with Gasteiger partial charge >= 0.3 is 5.97 Å². The van der Waals surface area contributed by atoms with E-state index in [0.717, 1.165) is 0 Å². The molecule has 0 N–H and O–H groups in total. The number of benzene rings is 1. The van der Waals surface area contributed by atoms with E-state index < -0.39 is 5.97 Å². The molecule has 3 heterocycles. The monoisotopic (exact) mass is 394 g/mol. The highest BCUT2D eigenvalue weighted by molar-refractivity contribution is 9.10. The van der Waals surface area contributed by atoms with Crippen molar-refractivity contribution in [2.24, 2.45) is 0 Å². The van der Waals surface area contributed by atoms with Crippen LogP contribution >= 0.6 is 15.9 Å². The molecule has 0 aliphatic heterocycles. The molecule has 0 fully saturated rings. The molecule has 0 unspecified atom stereocenters. The lowest BCUT2D eigenvalue weighted by atomic mass is 10.1. The highest BCUT2D eigenvalue weighted by atomic mass is 79.9. The van der Waals surface area contributed by atoms with Gasteiger partial charge in [-0.15, -0.1) is 0 Å². The Kier molecular flexibility index (Phi) is 4.03. The van der Waals surface area contributed by atoms with Gasteiger partial charge in [0, 0.05) is 11.6 Å². The Hall–Kier alpha value is -2.99. The number of pyridine rings is 2. The maximum absolute atomic E-state index is 12.8. The second-order valence-electron chi connectivity index (χ2n) is 5.23. The van der Waals surface area contributed by atoms with Crippen molar-refractivity contribution in [3.05, 3.63) is 77.2 Å². The van der Waals surface area contributed by atoms with E-state index in [1.54, 1.807) is 42.8 Å². The third kappa shape index (κ3) is 3.04. The van der Waals surface area contributed by atoms with E-state index in [1.807, 2.05) is 24.3 Å². The molecular weight excluding hydrogens is 384 g/mol. The van der Waals surface area contributed by atoms with E-state index in [0.29, 0.717) is 38.3 Å². The molecule has 122 valence electrons. The third-order valence-electron chi connectivity index (χ3n) is 3.64. The Labute approximate surface area is 151 Å². The molecule has 5 nitrogen and oxygen atoms in total. The number of rotatable bonds is 3. The van der Waals surface area contributed by atoms with Crippen LogP contribution < -0.4 is 4.74 Å². The van der Waals surface area contributed by atoms with Crippen LogP contribution in [0.25, 0.3) is 22.4 Å². The summed E-state index contributed by atoms with van der Waals surface area (Å²) < 4.78 is 11.4. The number of fused-ring (bicyclic) bond motifs is 1. The lowest BCUT2D eigenvalue weighted by Crippen LogP contribution is -2.10. The predicted molar refractivity (Wildman–Crippen MR) is 96.3 cm³/mol. The van der Waals surface area contributed by atoms with E-state index in [-0.39, 0.29) is 0 Å². The fourth-order valence-electron chi connectivity index (χ4n) is 2.50. The molecule has 1 aromatic carbocycles. The number of ether oxygens (including phenoxy) is 1. The Bertz CT molecular complexity index is 1060. The lowest BCUT2D eigenvalue weighted by Gasteiger charge is -2.09. The average molecular weight is 395 g/mol. The molecule has 25 heavy (non-hydrogen) atoms. The molecule has 0 aliphatic rings. The van der Waals surface area contributed by atoms with Gasteiger partial charge in [-0.3, -0.25) is 0 Å². The molecule has 6 heteroatoms. The Morgan fingerprint density at radius 1 is 1.08 bits per heavy atom. The van der Waals surface area contributed by atoms with Crippen molar-refractivity contribution in [2.75, 3.05) is 0 Å². The molecule has 0 aliphatic carbocycles. The van der Waals surface area contributed by atoms with Crippen LogP contribution in [0.5, 0.6) is 5.75 Å².